The minimum atomic E-state index is -0.246. The SMILES string of the molecule is CCCOC(=O)c1cccc(CCCCCC=O)c1. The lowest BCUT2D eigenvalue weighted by Gasteiger charge is -2.05. The van der Waals surface area contributed by atoms with E-state index in [9.17, 15) is 9.59 Å². The fourth-order valence-electron chi connectivity index (χ4n) is 1.87. The van der Waals surface area contributed by atoms with Gasteiger partial charge in [-0.05, 0) is 43.4 Å². The first-order chi connectivity index (χ1) is 9.27. The summed E-state index contributed by atoms with van der Waals surface area (Å²) in [5.74, 6) is -0.246. The summed E-state index contributed by atoms with van der Waals surface area (Å²) in [4.78, 5) is 21.9. The van der Waals surface area contributed by atoms with E-state index >= 15 is 0 Å². The van der Waals surface area contributed by atoms with Gasteiger partial charge in [-0.15, -0.1) is 0 Å². The van der Waals surface area contributed by atoms with Crippen molar-refractivity contribution in [2.45, 2.75) is 45.4 Å². The van der Waals surface area contributed by atoms with Crippen molar-refractivity contribution < 1.29 is 14.3 Å². The molecule has 0 spiro atoms. The molecule has 1 aromatic rings. The summed E-state index contributed by atoms with van der Waals surface area (Å²) in [5.41, 5.74) is 1.77. The molecule has 19 heavy (non-hydrogen) atoms. The van der Waals surface area contributed by atoms with Gasteiger partial charge in [0.1, 0.15) is 6.29 Å². The molecular weight excluding hydrogens is 240 g/mol. The van der Waals surface area contributed by atoms with Crippen molar-refractivity contribution in [3.05, 3.63) is 35.4 Å². The average molecular weight is 262 g/mol. The standard InChI is InChI=1S/C16H22O3/c1-2-12-19-16(18)15-10-7-9-14(13-15)8-5-3-4-6-11-17/h7,9-11,13H,2-6,8,12H2,1H3. The van der Waals surface area contributed by atoms with Crippen molar-refractivity contribution in [1.29, 1.82) is 0 Å². The molecule has 0 amide bonds. The smallest absolute Gasteiger partial charge is 0.338 e. The number of hydrogen-bond acceptors (Lipinski definition) is 3. The van der Waals surface area contributed by atoms with Crippen LogP contribution in [0, 0.1) is 0 Å². The number of esters is 1. The van der Waals surface area contributed by atoms with Gasteiger partial charge in [-0.2, -0.15) is 0 Å². The topological polar surface area (TPSA) is 43.4 Å². The Kier molecular flexibility index (Phi) is 7.56. The number of aldehydes is 1. The molecule has 1 rings (SSSR count). The van der Waals surface area contributed by atoms with Gasteiger partial charge in [-0.3, -0.25) is 0 Å². The van der Waals surface area contributed by atoms with Gasteiger partial charge in [0.2, 0.25) is 0 Å². The monoisotopic (exact) mass is 262 g/mol. The molecule has 0 aliphatic rings. The second kappa shape index (κ2) is 9.31. The van der Waals surface area contributed by atoms with Crippen LogP contribution in [-0.4, -0.2) is 18.9 Å². The Balaban J connectivity index is 2.43. The van der Waals surface area contributed by atoms with Crippen LogP contribution >= 0.6 is 0 Å². The molecule has 0 saturated carbocycles. The van der Waals surface area contributed by atoms with Crippen LogP contribution < -0.4 is 0 Å². The molecule has 0 aromatic heterocycles. The lowest BCUT2D eigenvalue weighted by Crippen LogP contribution is -2.06. The van der Waals surface area contributed by atoms with E-state index in [1.165, 1.54) is 0 Å². The van der Waals surface area contributed by atoms with E-state index in [1.807, 2.05) is 25.1 Å². The number of aryl methyl sites for hydroxylation is 1. The third kappa shape index (κ3) is 6.18. The molecule has 3 heteroatoms. The summed E-state index contributed by atoms with van der Waals surface area (Å²) in [5, 5.41) is 0. The van der Waals surface area contributed by atoms with Crippen LogP contribution in [-0.2, 0) is 16.0 Å². The average Bonchev–Trinajstić information content (AvgIpc) is 2.45. The molecular formula is C16H22O3. The lowest BCUT2D eigenvalue weighted by atomic mass is 10.0. The maximum Gasteiger partial charge on any atom is 0.338 e. The Bertz CT molecular complexity index is 399. The highest BCUT2D eigenvalue weighted by atomic mass is 16.5. The van der Waals surface area contributed by atoms with E-state index in [0.717, 1.165) is 44.0 Å². The number of rotatable bonds is 9. The van der Waals surface area contributed by atoms with E-state index < -0.39 is 0 Å². The molecule has 0 bridgehead atoms. The van der Waals surface area contributed by atoms with Gasteiger partial charge >= 0.3 is 5.97 Å². The van der Waals surface area contributed by atoms with Crippen LogP contribution in [0.3, 0.4) is 0 Å². The van der Waals surface area contributed by atoms with Crippen LogP contribution in [0.2, 0.25) is 0 Å². The largest absolute Gasteiger partial charge is 0.462 e. The molecule has 0 aliphatic heterocycles. The van der Waals surface area contributed by atoms with Gasteiger partial charge in [-0.1, -0.05) is 25.5 Å². The maximum absolute atomic E-state index is 11.7. The van der Waals surface area contributed by atoms with E-state index in [0.29, 0.717) is 18.6 Å². The number of benzene rings is 1. The molecule has 104 valence electrons. The summed E-state index contributed by atoms with van der Waals surface area (Å²) >= 11 is 0. The van der Waals surface area contributed by atoms with Gasteiger partial charge in [0.05, 0.1) is 12.2 Å². The predicted octanol–water partition coefficient (Wildman–Crippen LogP) is 3.56. The number of unbranched alkanes of at least 4 members (excludes halogenated alkanes) is 3. The Morgan fingerprint density at radius 2 is 2.11 bits per heavy atom. The van der Waals surface area contributed by atoms with Crippen LogP contribution in [0.15, 0.2) is 24.3 Å². The molecule has 0 saturated heterocycles. The van der Waals surface area contributed by atoms with Crippen molar-refractivity contribution in [2.75, 3.05) is 6.61 Å². The molecule has 0 heterocycles. The van der Waals surface area contributed by atoms with Crippen molar-refractivity contribution in [1.82, 2.24) is 0 Å². The van der Waals surface area contributed by atoms with Crippen molar-refractivity contribution in [2.24, 2.45) is 0 Å². The number of ether oxygens (including phenoxy) is 1. The first-order valence-electron chi connectivity index (χ1n) is 6.97. The summed E-state index contributed by atoms with van der Waals surface area (Å²) in [7, 11) is 0. The quantitative estimate of drug-likeness (QED) is 0.388. The summed E-state index contributed by atoms with van der Waals surface area (Å²) < 4.78 is 5.11. The molecule has 1 aromatic carbocycles. The predicted molar refractivity (Wildman–Crippen MR) is 75.3 cm³/mol. The summed E-state index contributed by atoms with van der Waals surface area (Å²) in [6.07, 6.45) is 6.41. The fraction of sp³-hybridized carbons (Fsp3) is 0.500. The Morgan fingerprint density at radius 1 is 1.26 bits per heavy atom. The molecule has 0 radical (unpaired) electrons. The summed E-state index contributed by atoms with van der Waals surface area (Å²) in [6, 6.07) is 7.60. The van der Waals surface area contributed by atoms with Crippen molar-refractivity contribution in [3.63, 3.8) is 0 Å². The normalized spacial score (nSPS) is 10.2. The van der Waals surface area contributed by atoms with Gasteiger partial charge in [0, 0.05) is 6.42 Å². The zero-order chi connectivity index (χ0) is 13.9. The maximum atomic E-state index is 11.7. The van der Waals surface area contributed by atoms with Crippen molar-refractivity contribution >= 4 is 12.3 Å². The van der Waals surface area contributed by atoms with Crippen LogP contribution in [0.25, 0.3) is 0 Å². The molecule has 0 unspecified atom stereocenters. The zero-order valence-corrected chi connectivity index (χ0v) is 11.6. The molecule has 0 atom stereocenters. The van der Waals surface area contributed by atoms with Gasteiger partial charge in [-0.25, -0.2) is 4.79 Å². The minimum absolute atomic E-state index is 0.246. The number of carbonyl (C=O) groups is 2. The van der Waals surface area contributed by atoms with Gasteiger partial charge in [0.25, 0.3) is 0 Å². The van der Waals surface area contributed by atoms with E-state index in [4.69, 9.17) is 4.74 Å². The third-order valence-corrected chi connectivity index (χ3v) is 2.89. The first kappa shape index (κ1) is 15.4. The van der Waals surface area contributed by atoms with Crippen molar-refractivity contribution in [3.8, 4) is 0 Å². The van der Waals surface area contributed by atoms with Crippen LogP contribution in [0.5, 0.6) is 0 Å². The second-order valence-corrected chi connectivity index (χ2v) is 4.60. The molecule has 0 N–H and O–H groups in total. The Labute approximate surface area is 115 Å². The first-order valence-corrected chi connectivity index (χ1v) is 6.97. The molecule has 0 fully saturated rings. The van der Waals surface area contributed by atoms with Crippen LogP contribution in [0.4, 0.5) is 0 Å². The molecule has 0 aliphatic carbocycles. The Hall–Kier alpha value is -1.64. The van der Waals surface area contributed by atoms with Gasteiger partial charge in [0.15, 0.2) is 0 Å². The number of carbonyl (C=O) groups excluding carboxylic acids is 2. The lowest BCUT2D eigenvalue weighted by molar-refractivity contribution is -0.107. The minimum Gasteiger partial charge on any atom is -0.462 e. The summed E-state index contributed by atoms with van der Waals surface area (Å²) in [6.45, 7) is 2.44. The van der Waals surface area contributed by atoms with E-state index in [-0.39, 0.29) is 5.97 Å². The second-order valence-electron chi connectivity index (χ2n) is 4.60. The van der Waals surface area contributed by atoms with E-state index in [2.05, 4.69) is 0 Å². The highest BCUT2D eigenvalue weighted by Gasteiger charge is 2.06. The van der Waals surface area contributed by atoms with Gasteiger partial charge < -0.3 is 9.53 Å². The number of hydrogen-bond donors (Lipinski definition) is 0. The Morgan fingerprint density at radius 3 is 2.84 bits per heavy atom. The molecule has 3 nitrogen and oxygen atoms in total. The third-order valence-electron chi connectivity index (χ3n) is 2.89. The zero-order valence-electron chi connectivity index (χ0n) is 11.6. The highest BCUT2D eigenvalue weighted by Crippen LogP contribution is 2.11. The van der Waals surface area contributed by atoms with Crippen LogP contribution in [0.1, 0.15) is 54.9 Å². The highest BCUT2D eigenvalue weighted by molar-refractivity contribution is 5.89. The van der Waals surface area contributed by atoms with E-state index in [1.54, 1.807) is 6.07 Å². The fourth-order valence-corrected chi connectivity index (χ4v) is 1.87.